The van der Waals surface area contributed by atoms with Crippen LogP contribution < -0.4 is 16.6 Å². The van der Waals surface area contributed by atoms with Crippen LogP contribution >= 0.6 is 11.3 Å². The molecule has 0 aliphatic rings. The molecule has 0 fully saturated rings. The molecule has 0 bridgehead atoms. The molecule has 0 spiro atoms. The van der Waals surface area contributed by atoms with Crippen LogP contribution in [0.25, 0.3) is 10.9 Å². The molecule has 0 unspecified atom stereocenters. The molecule has 3 N–H and O–H groups in total. The van der Waals surface area contributed by atoms with Crippen LogP contribution in [-0.2, 0) is 16.9 Å². The molecule has 3 aromatic rings. The van der Waals surface area contributed by atoms with Gasteiger partial charge < -0.3 is 11.1 Å². The zero-order valence-corrected chi connectivity index (χ0v) is 15.4. The van der Waals surface area contributed by atoms with Gasteiger partial charge >= 0.3 is 0 Å². The Labute approximate surface area is 154 Å². The lowest BCUT2D eigenvalue weighted by molar-refractivity contribution is -0.122. The standard InChI is InChI=1S/C17H20N6O2S/c1-17(2,15-21-22-16(18)26-15)20-13(24)8-5-9-23-10-19-12-7-4-3-6-11(12)14(23)25/h3-4,6-7,10H,5,8-9H2,1-2H3,(H2,18,22)(H,20,24). The van der Waals surface area contributed by atoms with Gasteiger partial charge in [-0.25, -0.2) is 4.98 Å². The lowest BCUT2D eigenvalue weighted by Crippen LogP contribution is -2.41. The van der Waals surface area contributed by atoms with E-state index in [0.29, 0.717) is 34.0 Å². The van der Waals surface area contributed by atoms with E-state index in [1.807, 2.05) is 26.0 Å². The number of carbonyl (C=O) groups is 1. The number of carbonyl (C=O) groups excluding carboxylic acids is 1. The minimum Gasteiger partial charge on any atom is -0.374 e. The van der Waals surface area contributed by atoms with Gasteiger partial charge in [0.15, 0.2) is 0 Å². The quantitative estimate of drug-likeness (QED) is 0.680. The van der Waals surface area contributed by atoms with E-state index in [1.165, 1.54) is 22.2 Å². The van der Waals surface area contributed by atoms with Gasteiger partial charge in [-0.15, -0.1) is 10.2 Å². The number of fused-ring (bicyclic) bond motifs is 1. The lowest BCUT2D eigenvalue weighted by atomic mass is 10.1. The normalized spacial score (nSPS) is 11.6. The van der Waals surface area contributed by atoms with Crippen molar-refractivity contribution < 1.29 is 4.79 Å². The second-order valence-electron chi connectivity index (χ2n) is 6.48. The van der Waals surface area contributed by atoms with E-state index in [0.717, 1.165) is 0 Å². The minimum atomic E-state index is -0.645. The van der Waals surface area contributed by atoms with Gasteiger partial charge in [-0.05, 0) is 32.4 Å². The van der Waals surface area contributed by atoms with Crippen LogP contribution in [-0.4, -0.2) is 25.7 Å². The van der Waals surface area contributed by atoms with Crippen LogP contribution in [0.1, 0.15) is 31.7 Å². The predicted octanol–water partition coefficient (Wildman–Crippen LogP) is 1.66. The maximum absolute atomic E-state index is 12.4. The van der Waals surface area contributed by atoms with E-state index in [1.54, 1.807) is 12.1 Å². The summed E-state index contributed by atoms with van der Waals surface area (Å²) >= 11 is 1.25. The van der Waals surface area contributed by atoms with Gasteiger partial charge in [0.1, 0.15) is 5.01 Å². The number of hydrogen-bond acceptors (Lipinski definition) is 7. The predicted molar refractivity (Wildman–Crippen MR) is 101 cm³/mol. The molecule has 9 heteroatoms. The van der Waals surface area contributed by atoms with Crippen molar-refractivity contribution >= 4 is 33.3 Å². The van der Waals surface area contributed by atoms with E-state index < -0.39 is 5.54 Å². The summed E-state index contributed by atoms with van der Waals surface area (Å²) in [6.45, 7) is 4.13. The fourth-order valence-electron chi connectivity index (χ4n) is 2.63. The number of benzene rings is 1. The summed E-state index contributed by atoms with van der Waals surface area (Å²) in [4.78, 5) is 28.9. The number of nitrogens with two attached hydrogens (primary N) is 1. The highest BCUT2D eigenvalue weighted by molar-refractivity contribution is 7.15. The maximum atomic E-state index is 12.4. The number of nitrogen functional groups attached to an aromatic ring is 1. The zero-order valence-electron chi connectivity index (χ0n) is 14.6. The zero-order chi connectivity index (χ0) is 18.7. The summed E-state index contributed by atoms with van der Waals surface area (Å²) in [7, 11) is 0. The first-order chi connectivity index (χ1) is 12.4. The van der Waals surface area contributed by atoms with E-state index in [2.05, 4.69) is 20.5 Å². The fourth-order valence-corrected chi connectivity index (χ4v) is 3.29. The third-order valence-electron chi connectivity index (χ3n) is 3.96. The van der Waals surface area contributed by atoms with Crippen LogP contribution in [0.5, 0.6) is 0 Å². The molecule has 0 aliphatic heterocycles. The van der Waals surface area contributed by atoms with Gasteiger partial charge in [-0.3, -0.25) is 14.2 Å². The molecular weight excluding hydrogens is 352 g/mol. The van der Waals surface area contributed by atoms with Gasteiger partial charge in [-0.2, -0.15) is 0 Å². The number of hydrogen-bond donors (Lipinski definition) is 2. The molecule has 2 heterocycles. The average Bonchev–Trinajstić information content (AvgIpc) is 3.04. The largest absolute Gasteiger partial charge is 0.374 e. The fraction of sp³-hybridized carbons (Fsp3) is 0.353. The van der Waals surface area contributed by atoms with Crippen molar-refractivity contribution in [3.63, 3.8) is 0 Å². The summed E-state index contributed by atoms with van der Waals surface area (Å²) in [6.07, 6.45) is 2.34. The van der Waals surface area contributed by atoms with Crippen LogP contribution in [0.4, 0.5) is 5.13 Å². The Kier molecular flexibility index (Phi) is 4.99. The number of anilines is 1. The Morgan fingerprint density at radius 1 is 1.31 bits per heavy atom. The molecule has 3 rings (SSSR count). The van der Waals surface area contributed by atoms with Crippen molar-refractivity contribution in [1.82, 2.24) is 25.1 Å². The summed E-state index contributed by atoms with van der Waals surface area (Å²) in [5, 5.41) is 12.3. The molecule has 8 nitrogen and oxygen atoms in total. The Balaban J connectivity index is 1.59. The summed E-state index contributed by atoms with van der Waals surface area (Å²) in [5.74, 6) is -0.120. The molecule has 0 aliphatic carbocycles. The minimum absolute atomic E-state index is 0.0966. The molecule has 26 heavy (non-hydrogen) atoms. The second-order valence-corrected chi connectivity index (χ2v) is 7.49. The highest BCUT2D eigenvalue weighted by atomic mass is 32.1. The third-order valence-corrected chi connectivity index (χ3v) is 5.04. The first-order valence-corrected chi connectivity index (χ1v) is 9.03. The van der Waals surface area contributed by atoms with Crippen molar-refractivity contribution in [2.24, 2.45) is 0 Å². The SMILES string of the molecule is CC(C)(NC(=O)CCCn1cnc2ccccc2c1=O)c1nnc(N)s1. The van der Waals surface area contributed by atoms with E-state index in [4.69, 9.17) is 5.73 Å². The third kappa shape index (κ3) is 3.88. The summed E-state index contributed by atoms with van der Waals surface area (Å²) in [6, 6.07) is 7.21. The van der Waals surface area contributed by atoms with Crippen molar-refractivity contribution in [2.75, 3.05) is 5.73 Å². The van der Waals surface area contributed by atoms with Gasteiger partial charge in [0.2, 0.25) is 11.0 Å². The topological polar surface area (TPSA) is 116 Å². The number of nitrogens with zero attached hydrogens (tertiary/aromatic N) is 4. The number of aromatic nitrogens is 4. The average molecular weight is 372 g/mol. The van der Waals surface area contributed by atoms with Gasteiger partial charge in [0.05, 0.1) is 22.8 Å². The van der Waals surface area contributed by atoms with Gasteiger partial charge in [-0.1, -0.05) is 23.5 Å². The number of nitrogens with one attached hydrogen (secondary N) is 1. The number of rotatable bonds is 6. The molecule has 1 aromatic carbocycles. The number of para-hydroxylation sites is 1. The molecule has 0 saturated carbocycles. The molecule has 0 radical (unpaired) electrons. The molecule has 1 amide bonds. The van der Waals surface area contributed by atoms with Crippen molar-refractivity contribution in [2.45, 2.75) is 38.8 Å². The molecular formula is C17H20N6O2S. The van der Waals surface area contributed by atoms with E-state index in [9.17, 15) is 9.59 Å². The molecule has 136 valence electrons. The highest BCUT2D eigenvalue weighted by Crippen LogP contribution is 2.24. The number of aryl methyl sites for hydroxylation is 1. The monoisotopic (exact) mass is 372 g/mol. The second kappa shape index (κ2) is 7.20. The maximum Gasteiger partial charge on any atom is 0.261 e. The molecule has 0 atom stereocenters. The Hall–Kier alpha value is -2.81. The highest BCUT2D eigenvalue weighted by Gasteiger charge is 2.26. The van der Waals surface area contributed by atoms with Crippen LogP contribution in [0.3, 0.4) is 0 Å². The van der Waals surface area contributed by atoms with Crippen LogP contribution in [0.2, 0.25) is 0 Å². The Bertz CT molecular complexity index is 994. The van der Waals surface area contributed by atoms with Crippen molar-refractivity contribution in [3.8, 4) is 0 Å². The van der Waals surface area contributed by atoms with Crippen molar-refractivity contribution in [1.29, 1.82) is 0 Å². The smallest absolute Gasteiger partial charge is 0.261 e. The first-order valence-electron chi connectivity index (χ1n) is 8.21. The van der Waals surface area contributed by atoms with Crippen molar-refractivity contribution in [3.05, 3.63) is 46.0 Å². The van der Waals surface area contributed by atoms with Gasteiger partial charge in [0.25, 0.3) is 5.56 Å². The van der Waals surface area contributed by atoms with Gasteiger partial charge in [0, 0.05) is 13.0 Å². The molecule has 2 aromatic heterocycles. The van der Waals surface area contributed by atoms with Crippen LogP contribution in [0.15, 0.2) is 35.4 Å². The molecule has 0 saturated heterocycles. The van der Waals surface area contributed by atoms with E-state index >= 15 is 0 Å². The van der Waals surface area contributed by atoms with E-state index in [-0.39, 0.29) is 17.9 Å². The van der Waals surface area contributed by atoms with Crippen LogP contribution in [0, 0.1) is 0 Å². The Morgan fingerprint density at radius 3 is 2.81 bits per heavy atom. The summed E-state index contributed by atoms with van der Waals surface area (Å²) < 4.78 is 1.53. The first kappa shape index (κ1) is 18.0. The number of amides is 1. The Morgan fingerprint density at radius 2 is 2.08 bits per heavy atom. The summed E-state index contributed by atoms with van der Waals surface area (Å²) in [5.41, 5.74) is 5.53. The lowest BCUT2D eigenvalue weighted by Gasteiger charge is -2.23.